The third-order valence-electron chi connectivity index (χ3n) is 2.16. The van der Waals surface area contributed by atoms with E-state index in [1.54, 1.807) is 0 Å². The maximum absolute atomic E-state index is 9.83. The van der Waals surface area contributed by atoms with Gasteiger partial charge in [-0.2, -0.15) is 0 Å². The van der Waals surface area contributed by atoms with Crippen molar-refractivity contribution >= 4 is 0 Å². The van der Waals surface area contributed by atoms with E-state index >= 15 is 0 Å². The van der Waals surface area contributed by atoms with E-state index in [0.29, 0.717) is 5.75 Å². The second-order valence-electron chi connectivity index (χ2n) is 3.35. The van der Waals surface area contributed by atoms with Crippen molar-refractivity contribution in [3.63, 3.8) is 0 Å². The lowest BCUT2D eigenvalue weighted by molar-refractivity contribution is 0.460. The van der Waals surface area contributed by atoms with Crippen molar-refractivity contribution in [2.24, 2.45) is 0 Å². The van der Waals surface area contributed by atoms with Crippen LogP contribution in [0, 0.1) is 6.07 Å². The van der Waals surface area contributed by atoms with Crippen LogP contribution in [0.4, 0.5) is 0 Å². The second-order valence-corrected chi connectivity index (χ2v) is 3.35. The third-order valence-corrected chi connectivity index (χ3v) is 2.16. The minimum atomic E-state index is 0.488. The average Bonchev–Trinajstić information content (AvgIpc) is 2.13. The Labute approximate surface area is 80.4 Å². The lowest BCUT2D eigenvalue weighted by atomic mass is 10.0. The summed E-state index contributed by atoms with van der Waals surface area (Å²) < 4.78 is 0. The molecule has 0 heterocycles. The van der Waals surface area contributed by atoms with Crippen molar-refractivity contribution in [3.8, 4) is 5.75 Å². The van der Waals surface area contributed by atoms with E-state index in [2.05, 4.69) is 19.9 Å². The number of rotatable bonds is 4. The summed E-state index contributed by atoms with van der Waals surface area (Å²) in [5.41, 5.74) is 2.07. The first-order valence-corrected chi connectivity index (χ1v) is 5.00. The summed E-state index contributed by atoms with van der Waals surface area (Å²) in [4.78, 5) is 0. The monoisotopic (exact) mass is 177 g/mol. The van der Waals surface area contributed by atoms with Crippen LogP contribution >= 0.6 is 0 Å². The van der Waals surface area contributed by atoms with E-state index in [-0.39, 0.29) is 0 Å². The number of hydrogen-bond acceptors (Lipinski definition) is 1. The second kappa shape index (κ2) is 4.90. The molecule has 0 aliphatic heterocycles. The van der Waals surface area contributed by atoms with E-state index in [1.807, 2.05) is 12.1 Å². The lowest BCUT2D eigenvalue weighted by Crippen LogP contribution is -1.90. The van der Waals surface area contributed by atoms with Crippen LogP contribution in [-0.2, 0) is 12.8 Å². The molecule has 1 heteroatoms. The zero-order valence-corrected chi connectivity index (χ0v) is 8.43. The molecule has 0 bridgehead atoms. The number of aryl methyl sites for hydroxylation is 2. The average molecular weight is 177 g/mol. The highest BCUT2D eigenvalue weighted by molar-refractivity contribution is 5.39. The van der Waals surface area contributed by atoms with Crippen molar-refractivity contribution in [1.82, 2.24) is 0 Å². The number of hydrogen-bond donors (Lipinski definition) is 1. The van der Waals surface area contributed by atoms with Crippen LogP contribution in [0.5, 0.6) is 5.75 Å². The van der Waals surface area contributed by atoms with Gasteiger partial charge in [0, 0.05) is 0 Å². The predicted octanol–water partition coefficient (Wildman–Crippen LogP) is 3.10. The molecular formula is C12H17O. The van der Waals surface area contributed by atoms with Crippen LogP contribution in [0.1, 0.15) is 37.8 Å². The van der Waals surface area contributed by atoms with E-state index in [9.17, 15) is 5.11 Å². The summed E-state index contributed by atoms with van der Waals surface area (Å²) >= 11 is 0. The minimum absolute atomic E-state index is 0.488. The molecule has 0 unspecified atom stereocenters. The van der Waals surface area contributed by atoms with Crippen molar-refractivity contribution in [3.05, 3.63) is 29.3 Å². The Hall–Kier alpha value is -0.980. The predicted molar refractivity (Wildman–Crippen MR) is 54.9 cm³/mol. The van der Waals surface area contributed by atoms with Gasteiger partial charge in [0.15, 0.2) is 0 Å². The Balaban J connectivity index is 2.89. The highest BCUT2D eigenvalue weighted by atomic mass is 16.3. The molecular weight excluding hydrogens is 160 g/mol. The van der Waals surface area contributed by atoms with Gasteiger partial charge in [0.1, 0.15) is 5.75 Å². The van der Waals surface area contributed by atoms with Crippen LogP contribution in [0.25, 0.3) is 0 Å². The molecule has 0 fully saturated rings. The van der Waals surface area contributed by atoms with Crippen LogP contribution in [0.3, 0.4) is 0 Å². The standard InChI is InChI=1S/C12H17O/c1-3-6-10-8-5-9-11(7-4-2)12(10)13/h8-9,13H,3-4,6-7H2,1-2H3. The smallest absolute Gasteiger partial charge is 0.121 e. The van der Waals surface area contributed by atoms with Crippen LogP contribution < -0.4 is 0 Å². The number of phenols is 1. The van der Waals surface area contributed by atoms with Gasteiger partial charge < -0.3 is 5.11 Å². The summed E-state index contributed by atoms with van der Waals surface area (Å²) in [6.45, 7) is 4.23. The quantitative estimate of drug-likeness (QED) is 0.749. The Morgan fingerprint density at radius 3 is 1.92 bits per heavy atom. The fourth-order valence-electron chi connectivity index (χ4n) is 1.51. The molecule has 1 radical (unpaired) electrons. The van der Waals surface area contributed by atoms with Gasteiger partial charge in [-0.15, -0.1) is 0 Å². The molecule has 0 amide bonds. The summed E-state index contributed by atoms with van der Waals surface area (Å²) in [5.74, 6) is 0.488. The van der Waals surface area contributed by atoms with Gasteiger partial charge >= 0.3 is 0 Å². The molecule has 71 valence electrons. The first-order chi connectivity index (χ1) is 6.29. The molecule has 0 spiro atoms. The normalized spacial score (nSPS) is 10.3. The molecule has 0 aromatic heterocycles. The van der Waals surface area contributed by atoms with Gasteiger partial charge in [0.2, 0.25) is 0 Å². The van der Waals surface area contributed by atoms with Crippen molar-refractivity contribution in [1.29, 1.82) is 0 Å². The summed E-state index contributed by atoms with van der Waals surface area (Å²) in [7, 11) is 0. The highest BCUT2D eigenvalue weighted by Crippen LogP contribution is 2.24. The topological polar surface area (TPSA) is 20.2 Å². The first-order valence-electron chi connectivity index (χ1n) is 5.00. The Morgan fingerprint density at radius 1 is 1.08 bits per heavy atom. The van der Waals surface area contributed by atoms with Crippen LogP contribution in [0.15, 0.2) is 12.1 Å². The SMILES string of the molecule is CCCc1c[c]cc(CCC)c1O. The van der Waals surface area contributed by atoms with Crippen molar-refractivity contribution < 1.29 is 5.11 Å². The van der Waals surface area contributed by atoms with Crippen LogP contribution in [-0.4, -0.2) is 5.11 Å². The van der Waals surface area contributed by atoms with Gasteiger partial charge in [-0.1, -0.05) is 26.7 Å². The Bertz CT molecular complexity index is 242. The molecule has 1 N–H and O–H groups in total. The molecule has 0 aliphatic carbocycles. The van der Waals surface area contributed by atoms with E-state index in [4.69, 9.17) is 0 Å². The number of benzene rings is 1. The van der Waals surface area contributed by atoms with E-state index in [0.717, 1.165) is 36.8 Å². The number of aromatic hydroxyl groups is 1. The maximum Gasteiger partial charge on any atom is 0.121 e. The summed E-state index contributed by atoms with van der Waals surface area (Å²) in [5, 5.41) is 9.83. The number of phenolic OH excluding ortho intramolecular Hbond substituents is 1. The van der Waals surface area contributed by atoms with Gasteiger partial charge in [-0.3, -0.25) is 0 Å². The third kappa shape index (κ3) is 2.48. The van der Waals surface area contributed by atoms with Gasteiger partial charge in [0.25, 0.3) is 0 Å². The molecule has 0 saturated carbocycles. The summed E-state index contributed by atoms with van der Waals surface area (Å²) in [6.07, 6.45) is 4.02. The molecule has 1 rings (SSSR count). The Morgan fingerprint density at radius 2 is 1.54 bits per heavy atom. The van der Waals surface area contributed by atoms with Gasteiger partial charge in [-0.05, 0) is 42.2 Å². The molecule has 0 aliphatic rings. The van der Waals surface area contributed by atoms with Gasteiger partial charge in [0.05, 0.1) is 0 Å². The highest BCUT2D eigenvalue weighted by Gasteiger charge is 2.04. The van der Waals surface area contributed by atoms with E-state index < -0.39 is 0 Å². The minimum Gasteiger partial charge on any atom is -0.507 e. The fraction of sp³-hybridized carbons (Fsp3) is 0.500. The molecule has 1 aromatic carbocycles. The van der Waals surface area contributed by atoms with Crippen molar-refractivity contribution in [2.45, 2.75) is 39.5 Å². The summed E-state index contributed by atoms with van der Waals surface area (Å²) in [6, 6.07) is 6.85. The maximum atomic E-state index is 9.83. The first kappa shape index (κ1) is 10.1. The molecule has 0 atom stereocenters. The molecule has 1 nitrogen and oxygen atoms in total. The van der Waals surface area contributed by atoms with Gasteiger partial charge in [-0.25, -0.2) is 0 Å². The van der Waals surface area contributed by atoms with E-state index in [1.165, 1.54) is 0 Å². The largest absolute Gasteiger partial charge is 0.507 e. The molecule has 0 saturated heterocycles. The van der Waals surface area contributed by atoms with Crippen LogP contribution in [0.2, 0.25) is 0 Å². The Kier molecular flexibility index (Phi) is 3.81. The lowest BCUT2D eigenvalue weighted by Gasteiger charge is -2.07. The fourth-order valence-corrected chi connectivity index (χ4v) is 1.51. The zero-order chi connectivity index (χ0) is 9.68. The zero-order valence-electron chi connectivity index (χ0n) is 8.43. The molecule has 1 aromatic rings. The molecule has 13 heavy (non-hydrogen) atoms. The van der Waals surface area contributed by atoms with Crippen molar-refractivity contribution in [2.75, 3.05) is 0 Å².